The SMILES string of the molecule is NC(=O)[C@@H](Cc1ccc(C(=O)c2ccccc2)cc1)NC(=O)c1ccnc2ccccc12. The number of aromatic nitrogens is 1. The summed E-state index contributed by atoms with van der Waals surface area (Å²) < 4.78 is 0. The number of primary amides is 1. The lowest BCUT2D eigenvalue weighted by atomic mass is 9.99. The third-order valence-corrected chi connectivity index (χ3v) is 5.23. The van der Waals surface area contributed by atoms with Crippen molar-refractivity contribution < 1.29 is 14.4 Å². The van der Waals surface area contributed by atoms with Crippen molar-refractivity contribution in [2.24, 2.45) is 5.73 Å². The van der Waals surface area contributed by atoms with Gasteiger partial charge in [0.05, 0.1) is 11.1 Å². The smallest absolute Gasteiger partial charge is 0.252 e. The van der Waals surface area contributed by atoms with Crippen LogP contribution in [0.1, 0.15) is 31.8 Å². The molecule has 0 radical (unpaired) electrons. The first-order chi connectivity index (χ1) is 15.5. The predicted octanol–water partition coefficient (Wildman–Crippen LogP) is 3.29. The summed E-state index contributed by atoms with van der Waals surface area (Å²) in [5.41, 5.74) is 8.59. The number of nitrogens with zero attached hydrogens (tertiary/aromatic N) is 1. The van der Waals surface area contributed by atoms with E-state index in [-0.39, 0.29) is 12.2 Å². The van der Waals surface area contributed by atoms with Crippen molar-refractivity contribution in [2.75, 3.05) is 0 Å². The number of ketones is 1. The fourth-order valence-corrected chi connectivity index (χ4v) is 3.54. The minimum atomic E-state index is -0.898. The Hall–Kier alpha value is -4.32. The van der Waals surface area contributed by atoms with E-state index in [1.165, 1.54) is 0 Å². The highest BCUT2D eigenvalue weighted by molar-refractivity contribution is 6.09. The van der Waals surface area contributed by atoms with Crippen LogP contribution in [-0.2, 0) is 11.2 Å². The van der Waals surface area contributed by atoms with E-state index in [0.29, 0.717) is 27.6 Å². The minimum absolute atomic E-state index is 0.0820. The normalized spacial score (nSPS) is 11.6. The van der Waals surface area contributed by atoms with Crippen molar-refractivity contribution in [2.45, 2.75) is 12.5 Å². The van der Waals surface area contributed by atoms with E-state index in [1.54, 1.807) is 54.7 Å². The highest BCUT2D eigenvalue weighted by Gasteiger charge is 2.21. The molecule has 1 atom stereocenters. The topological polar surface area (TPSA) is 102 Å². The number of carbonyl (C=O) groups is 3. The van der Waals surface area contributed by atoms with E-state index in [1.807, 2.05) is 36.4 Å². The van der Waals surface area contributed by atoms with E-state index in [2.05, 4.69) is 10.3 Å². The Bertz CT molecular complexity index is 1280. The summed E-state index contributed by atoms with van der Waals surface area (Å²) in [5, 5.41) is 3.42. The molecule has 0 saturated heterocycles. The van der Waals surface area contributed by atoms with Gasteiger partial charge in [0.2, 0.25) is 5.91 Å². The molecule has 0 fully saturated rings. The van der Waals surface area contributed by atoms with Crippen LogP contribution >= 0.6 is 0 Å². The molecule has 3 aromatic carbocycles. The largest absolute Gasteiger partial charge is 0.368 e. The summed E-state index contributed by atoms with van der Waals surface area (Å²) in [6.45, 7) is 0. The monoisotopic (exact) mass is 423 g/mol. The molecule has 0 saturated carbocycles. The third-order valence-electron chi connectivity index (χ3n) is 5.23. The van der Waals surface area contributed by atoms with Crippen molar-refractivity contribution in [1.29, 1.82) is 0 Å². The van der Waals surface area contributed by atoms with Gasteiger partial charge >= 0.3 is 0 Å². The molecule has 0 aliphatic heterocycles. The molecule has 6 nitrogen and oxygen atoms in total. The van der Waals surface area contributed by atoms with Crippen LogP contribution in [0.4, 0.5) is 0 Å². The molecule has 0 unspecified atom stereocenters. The zero-order valence-corrected chi connectivity index (χ0v) is 17.2. The standard InChI is InChI=1S/C26H21N3O3/c27-25(31)23(29-26(32)21-14-15-28-22-9-5-4-8-20(21)22)16-17-10-12-19(13-11-17)24(30)18-6-2-1-3-7-18/h1-15,23H,16H2,(H2,27,31)(H,29,32)/t23-/m1/s1. The number of carbonyl (C=O) groups excluding carboxylic acids is 3. The quantitative estimate of drug-likeness (QED) is 0.445. The molecule has 32 heavy (non-hydrogen) atoms. The first kappa shape index (κ1) is 20.9. The second-order valence-corrected chi connectivity index (χ2v) is 7.40. The number of hydrogen-bond acceptors (Lipinski definition) is 4. The summed E-state index contributed by atoms with van der Waals surface area (Å²) in [6, 6.07) is 23.9. The zero-order valence-electron chi connectivity index (χ0n) is 17.2. The average Bonchev–Trinajstić information content (AvgIpc) is 2.83. The Morgan fingerprint density at radius 1 is 0.812 bits per heavy atom. The maximum absolute atomic E-state index is 12.9. The Balaban J connectivity index is 1.49. The van der Waals surface area contributed by atoms with Crippen molar-refractivity contribution in [3.8, 4) is 0 Å². The average molecular weight is 423 g/mol. The van der Waals surface area contributed by atoms with Crippen LogP contribution in [0.15, 0.2) is 91.1 Å². The Morgan fingerprint density at radius 3 is 2.19 bits per heavy atom. The maximum atomic E-state index is 12.9. The van der Waals surface area contributed by atoms with E-state index >= 15 is 0 Å². The lowest BCUT2D eigenvalue weighted by Crippen LogP contribution is -2.45. The van der Waals surface area contributed by atoms with Gasteiger partial charge in [-0.25, -0.2) is 0 Å². The molecular formula is C26H21N3O3. The van der Waals surface area contributed by atoms with Gasteiger partial charge < -0.3 is 11.1 Å². The fourth-order valence-electron chi connectivity index (χ4n) is 3.54. The molecular weight excluding hydrogens is 402 g/mol. The van der Waals surface area contributed by atoms with E-state index in [9.17, 15) is 14.4 Å². The fraction of sp³-hybridized carbons (Fsp3) is 0.0769. The van der Waals surface area contributed by atoms with Crippen molar-refractivity contribution >= 4 is 28.5 Å². The van der Waals surface area contributed by atoms with Gasteiger partial charge in [-0.2, -0.15) is 0 Å². The van der Waals surface area contributed by atoms with Crippen molar-refractivity contribution in [1.82, 2.24) is 10.3 Å². The molecule has 1 aromatic heterocycles. The second kappa shape index (κ2) is 9.22. The Kier molecular flexibility index (Phi) is 6.03. The molecule has 1 heterocycles. The van der Waals surface area contributed by atoms with Crippen LogP contribution in [0.3, 0.4) is 0 Å². The number of hydrogen-bond donors (Lipinski definition) is 2. The van der Waals surface area contributed by atoms with Gasteiger partial charge in [0, 0.05) is 29.1 Å². The molecule has 4 rings (SSSR count). The molecule has 4 aromatic rings. The second-order valence-electron chi connectivity index (χ2n) is 7.40. The molecule has 0 spiro atoms. The lowest BCUT2D eigenvalue weighted by Gasteiger charge is -2.16. The number of pyridine rings is 1. The highest BCUT2D eigenvalue weighted by Crippen LogP contribution is 2.17. The minimum Gasteiger partial charge on any atom is -0.368 e. The van der Waals surface area contributed by atoms with Crippen molar-refractivity contribution in [3.63, 3.8) is 0 Å². The summed E-state index contributed by atoms with van der Waals surface area (Å²) in [7, 11) is 0. The highest BCUT2D eigenvalue weighted by atomic mass is 16.2. The summed E-state index contributed by atoms with van der Waals surface area (Å²) in [6.07, 6.45) is 1.77. The maximum Gasteiger partial charge on any atom is 0.252 e. The lowest BCUT2D eigenvalue weighted by molar-refractivity contribution is -0.119. The number of rotatable bonds is 7. The van der Waals surface area contributed by atoms with E-state index in [4.69, 9.17) is 5.73 Å². The number of para-hydroxylation sites is 1. The predicted molar refractivity (Wildman–Crippen MR) is 122 cm³/mol. The first-order valence-electron chi connectivity index (χ1n) is 10.2. The first-order valence-corrected chi connectivity index (χ1v) is 10.2. The molecule has 3 N–H and O–H groups in total. The number of fused-ring (bicyclic) bond motifs is 1. The molecule has 0 bridgehead atoms. The van der Waals surface area contributed by atoms with Gasteiger partial charge in [-0.15, -0.1) is 0 Å². The van der Waals surface area contributed by atoms with Gasteiger partial charge in [-0.05, 0) is 17.7 Å². The van der Waals surface area contributed by atoms with Crippen LogP contribution in [0.2, 0.25) is 0 Å². The van der Waals surface area contributed by atoms with Crippen LogP contribution in [0.25, 0.3) is 10.9 Å². The molecule has 0 aliphatic rings. The Labute approximate surface area is 185 Å². The van der Waals surface area contributed by atoms with E-state index in [0.717, 1.165) is 5.56 Å². The molecule has 6 heteroatoms. The van der Waals surface area contributed by atoms with Crippen LogP contribution in [-0.4, -0.2) is 28.6 Å². The van der Waals surface area contributed by atoms with E-state index < -0.39 is 17.9 Å². The molecule has 0 aliphatic carbocycles. The molecule has 2 amide bonds. The summed E-state index contributed by atoms with van der Waals surface area (Å²) in [4.78, 5) is 41.7. The van der Waals surface area contributed by atoms with Gasteiger partial charge in [0.25, 0.3) is 5.91 Å². The Morgan fingerprint density at radius 2 is 1.47 bits per heavy atom. The van der Waals surface area contributed by atoms with Crippen LogP contribution < -0.4 is 11.1 Å². The number of nitrogens with two attached hydrogens (primary N) is 1. The number of benzene rings is 3. The van der Waals surface area contributed by atoms with Crippen LogP contribution in [0, 0.1) is 0 Å². The van der Waals surface area contributed by atoms with Gasteiger partial charge in [-0.1, -0.05) is 72.8 Å². The van der Waals surface area contributed by atoms with Crippen LogP contribution in [0.5, 0.6) is 0 Å². The number of nitrogens with one attached hydrogen (secondary N) is 1. The summed E-state index contributed by atoms with van der Waals surface area (Å²) >= 11 is 0. The number of amides is 2. The van der Waals surface area contributed by atoms with Gasteiger partial charge in [0.15, 0.2) is 5.78 Å². The van der Waals surface area contributed by atoms with Gasteiger partial charge in [0.1, 0.15) is 6.04 Å². The third kappa shape index (κ3) is 4.54. The zero-order chi connectivity index (χ0) is 22.5. The molecule has 158 valence electrons. The van der Waals surface area contributed by atoms with Crippen molar-refractivity contribution in [3.05, 3.63) is 113 Å². The van der Waals surface area contributed by atoms with Gasteiger partial charge in [-0.3, -0.25) is 19.4 Å². The summed E-state index contributed by atoms with van der Waals surface area (Å²) in [5.74, 6) is -1.12.